The van der Waals surface area contributed by atoms with E-state index in [1.54, 1.807) is 12.0 Å². The molecule has 0 spiro atoms. The number of halogens is 1. The van der Waals surface area contributed by atoms with Gasteiger partial charge >= 0.3 is 0 Å². The Morgan fingerprint density at radius 2 is 1.86 bits per heavy atom. The van der Waals surface area contributed by atoms with Crippen molar-refractivity contribution in [2.24, 2.45) is 4.99 Å². The average molecular weight is 508 g/mol. The lowest BCUT2D eigenvalue weighted by molar-refractivity contribution is -0.128. The number of hydrogen-bond donors (Lipinski definition) is 1. The molecule has 8 heteroatoms. The van der Waals surface area contributed by atoms with Crippen molar-refractivity contribution in [3.05, 3.63) is 88.9 Å². The summed E-state index contributed by atoms with van der Waals surface area (Å²) in [7, 11) is 1.61. The molecule has 0 aliphatic carbocycles. The van der Waals surface area contributed by atoms with Crippen LogP contribution < -0.4 is 10.1 Å². The highest BCUT2D eigenvalue weighted by Gasteiger charge is 2.39. The first-order chi connectivity index (χ1) is 16.9. The normalized spacial score (nSPS) is 16.5. The standard InChI is InChI=1S/C27H26ClN3O3S/c1-18-4-3-5-22(16-18)29-25(32)17-24-26(33)31(15-14-19-6-8-20(28)9-7-19)27(35-24)30-21-10-12-23(34-2)13-11-21/h3-13,16,24H,14-15,17H2,1-2H3,(H,29,32). The van der Waals surface area contributed by atoms with Gasteiger partial charge in [-0.1, -0.05) is 47.6 Å². The summed E-state index contributed by atoms with van der Waals surface area (Å²) in [5, 5.41) is 3.61. The van der Waals surface area contributed by atoms with E-state index in [0.717, 1.165) is 22.6 Å². The third kappa shape index (κ3) is 6.65. The van der Waals surface area contributed by atoms with Crippen molar-refractivity contribution in [3.63, 3.8) is 0 Å². The fraction of sp³-hybridized carbons (Fsp3) is 0.222. The molecule has 6 nitrogen and oxygen atoms in total. The zero-order chi connectivity index (χ0) is 24.8. The highest BCUT2D eigenvalue weighted by atomic mass is 35.5. The quantitative estimate of drug-likeness (QED) is 0.414. The van der Waals surface area contributed by atoms with Crippen LogP contribution in [0.3, 0.4) is 0 Å². The second kappa shape index (κ2) is 11.4. The number of amidine groups is 1. The van der Waals surface area contributed by atoms with E-state index in [1.807, 2.05) is 79.7 Å². The van der Waals surface area contributed by atoms with Crippen LogP contribution in [0.1, 0.15) is 17.5 Å². The Labute approximate surface area is 214 Å². The lowest BCUT2D eigenvalue weighted by Gasteiger charge is -2.16. The fourth-order valence-corrected chi connectivity index (χ4v) is 5.00. The van der Waals surface area contributed by atoms with Gasteiger partial charge in [-0.15, -0.1) is 0 Å². The Kier molecular flexibility index (Phi) is 8.10. The first kappa shape index (κ1) is 24.8. The van der Waals surface area contributed by atoms with Gasteiger partial charge in [-0.05, 0) is 73.0 Å². The van der Waals surface area contributed by atoms with E-state index in [-0.39, 0.29) is 18.2 Å². The number of nitrogens with one attached hydrogen (secondary N) is 1. The highest BCUT2D eigenvalue weighted by molar-refractivity contribution is 8.15. The Bertz CT molecular complexity index is 1230. The SMILES string of the molecule is COc1ccc(N=C2SC(CC(=O)Nc3cccc(C)c3)C(=O)N2CCc2ccc(Cl)cc2)cc1. The van der Waals surface area contributed by atoms with Crippen LogP contribution in [-0.2, 0) is 16.0 Å². The Balaban J connectivity index is 1.50. The first-order valence-corrected chi connectivity index (χ1v) is 12.5. The van der Waals surface area contributed by atoms with Gasteiger partial charge in [0.15, 0.2) is 5.17 Å². The van der Waals surface area contributed by atoms with Gasteiger partial charge in [-0.25, -0.2) is 4.99 Å². The van der Waals surface area contributed by atoms with Gasteiger partial charge in [-0.2, -0.15) is 0 Å². The van der Waals surface area contributed by atoms with Gasteiger partial charge in [-0.3, -0.25) is 14.5 Å². The molecule has 1 saturated heterocycles. The molecule has 1 heterocycles. The van der Waals surface area contributed by atoms with Gasteiger partial charge in [0.05, 0.1) is 12.8 Å². The topological polar surface area (TPSA) is 71.0 Å². The number of aliphatic imine (C=N–C) groups is 1. The number of aryl methyl sites for hydroxylation is 1. The number of amides is 2. The molecule has 0 saturated carbocycles. The summed E-state index contributed by atoms with van der Waals surface area (Å²) in [6, 6.07) is 22.5. The minimum Gasteiger partial charge on any atom is -0.497 e. The van der Waals surface area contributed by atoms with Gasteiger partial charge < -0.3 is 10.1 Å². The summed E-state index contributed by atoms with van der Waals surface area (Å²) < 4.78 is 5.22. The molecular weight excluding hydrogens is 482 g/mol. The molecule has 3 aromatic rings. The number of ether oxygens (including phenoxy) is 1. The molecule has 0 radical (unpaired) electrons. The molecular formula is C27H26ClN3O3S. The maximum absolute atomic E-state index is 13.3. The largest absolute Gasteiger partial charge is 0.497 e. The second-order valence-corrected chi connectivity index (χ2v) is 9.79. The average Bonchev–Trinajstić information content (AvgIpc) is 3.12. The predicted molar refractivity (Wildman–Crippen MR) is 143 cm³/mol. The summed E-state index contributed by atoms with van der Waals surface area (Å²) in [5.74, 6) is 0.412. The molecule has 2 amide bonds. The molecule has 35 heavy (non-hydrogen) atoms. The number of hydrogen-bond acceptors (Lipinski definition) is 5. The molecule has 1 N–H and O–H groups in total. The van der Waals surface area contributed by atoms with Crippen molar-refractivity contribution >= 4 is 51.7 Å². The second-order valence-electron chi connectivity index (χ2n) is 8.19. The molecule has 180 valence electrons. The maximum atomic E-state index is 13.3. The molecule has 1 aliphatic heterocycles. The minimum absolute atomic E-state index is 0.0660. The number of carbonyl (C=O) groups is 2. The van der Waals surface area contributed by atoms with Crippen LogP contribution in [-0.4, -0.2) is 40.8 Å². The maximum Gasteiger partial charge on any atom is 0.242 e. The number of anilines is 1. The molecule has 3 aromatic carbocycles. The predicted octanol–water partition coefficient (Wildman–Crippen LogP) is 5.86. The molecule has 1 fully saturated rings. The Morgan fingerprint density at radius 1 is 1.11 bits per heavy atom. The van der Waals surface area contributed by atoms with Crippen molar-refractivity contribution in [1.82, 2.24) is 4.90 Å². The number of benzene rings is 3. The van der Waals surface area contributed by atoms with Crippen LogP contribution in [0.25, 0.3) is 0 Å². The zero-order valence-electron chi connectivity index (χ0n) is 19.5. The highest BCUT2D eigenvalue weighted by Crippen LogP contribution is 2.32. The van der Waals surface area contributed by atoms with Gasteiger partial charge in [0.25, 0.3) is 0 Å². The molecule has 1 aliphatic rings. The zero-order valence-corrected chi connectivity index (χ0v) is 21.1. The van der Waals surface area contributed by atoms with Crippen LogP contribution in [0, 0.1) is 6.92 Å². The van der Waals surface area contributed by atoms with Crippen molar-refractivity contribution < 1.29 is 14.3 Å². The van der Waals surface area contributed by atoms with E-state index >= 15 is 0 Å². The molecule has 1 atom stereocenters. The van der Waals surface area contributed by atoms with E-state index in [4.69, 9.17) is 21.3 Å². The molecule has 0 bridgehead atoms. The monoisotopic (exact) mass is 507 g/mol. The Hall–Kier alpha value is -3.29. The van der Waals surface area contributed by atoms with Crippen molar-refractivity contribution in [3.8, 4) is 5.75 Å². The smallest absolute Gasteiger partial charge is 0.242 e. The van der Waals surface area contributed by atoms with Crippen molar-refractivity contribution in [1.29, 1.82) is 0 Å². The summed E-state index contributed by atoms with van der Waals surface area (Å²) in [5.41, 5.74) is 3.55. The van der Waals surface area contributed by atoms with E-state index < -0.39 is 5.25 Å². The number of nitrogens with zero attached hydrogens (tertiary/aromatic N) is 2. The lowest BCUT2D eigenvalue weighted by Crippen LogP contribution is -2.35. The fourth-order valence-electron chi connectivity index (χ4n) is 3.69. The lowest BCUT2D eigenvalue weighted by atomic mass is 10.1. The molecule has 1 unspecified atom stereocenters. The van der Waals surface area contributed by atoms with Crippen LogP contribution >= 0.6 is 23.4 Å². The summed E-state index contributed by atoms with van der Waals surface area (Å²) >= 11 is 7.32. The number of methoxy groups -OCH3 is 1. The van der Waals surface area contributed by atoms with Crippen LogP contribution in [0.15, 0.2) is 77.8 Å². The summed E-state index contributed by atoms with van der Waals surface area (Å²) in [6.45, 7) is 2.42. The van der Waals surface area contributed by atoms with E-state index in [9.17, 15) is 9.59 Å². The number of carbonyl (C=O) groups excluding carboxylic acids is 2. The third-order valence-electron chi connectivity index (χ3n) is 5.53. The van der Waals surface area contributed by atoms with Crippen molar-refractivity contribution in [2.45, 2.75) is 25.0 Å². The van der Waals surface area contributed by atoms with Gasteiger partial charge in [0, 0.05) is 23.7 Å². The van der Waals surface area contributed by atoms with E-state index in [2.05, 4.69) is 5.32 Å². The van der Waals surface area contributed by atoms with Crippen LogP contribution in [0.2, 0.25) is 5.02 Å². The summed E-state index contributed by atoms with van der Waals surface area (Å²) in [4.78, 5) is 32.4. The van der Waals surface area contributed by atoms with E-state index in [1.165, 1.54) is 11.8 Å². The molecule has 0 aromatic heterocycles. The van der Waals surface area contributed by atoms with Crippen LogP contribution in [0.5, 0.6) is 5.75 Å². The van der Waals surface area contributed by atoms with Crippen LogP contribution in [0.4, 0.5) is 11.4 Å². The third-order valence-corrected chi connectivity index (χ3v) is 6.95. The molecule has 4 rings (SSSR count). The first-order valence-electron chi connectivity index (χ1n) is 11.2. The number of thioether (sulfide) groups is 1. The van der Waals surface area contributed by atoms with Gasteiger partial charge in [0.2, 0.25) is 11.8 Å². The Morgan fingerprint density at radius 3 is 2.54 bits per heavy atom. The van der Waals surface area contributed by atoms with Crippen molar-refractivity contribution in [2.75, 3.05) is 19.0 Å². The van der Waals surface area contributed by atoms with E-state index in [0.29, 0.717) is 28.8 Å². The van der Waals surface area contributed by atoms with Gasteiger partial charge in [0.1, 0.15) is 11.0 Å². The number of rotatable bonds is 8. The summed E-state index contributed by atoms with van der Waals surface area (Å²) in [6.07, 6.45) is 0.712. The minimum atomic E-state index is -0.540.